The zero-order valence-corrected chi connectivity index (χ0v) is 18.3. The van der Waals surface area contributed by atoms with E-state index >= 15 is 0 Å². The van der Waals surface area contributed by atoms with Crippen molar-refractivity contribution < 1.29 is 19.1 Å². The van der Waals surface area contributed by atoms with E-state index in [2.05, 4.69) is 10.3 Å². The number of benzene rings is 1. The average Bonchev–Trinajstić information content (AvgIpc) is 2.81. The van der Waals surface area contributed by atoms with Crippen LogP contribution in [0.2, 0.25) is 0 Å². The molecule has 7 heteroatoms. The molecule has 1 aliphatic rings. The maximum Gasteiger partial charge on any atom is 0.224 e. The van der Waals surface area contributed by atoms with Crippen molar-refractivity contribution in [2.24, 2.45) is 5.92 Å². The van der Waals surface area contributed by atoms with Crippen molar-refractivity contribution in [1.82, 2.24) is 9.88 Å². The number of rotatable bonds is 9. The fourth-order valence-electron chi connectivity index (χ4n) is 3.92. The van der Waals surface area contributed by atoms with Crippen molar-refractivity contribution >= 4 is 17.5 Å². The maximum atomic E-state index is 12.6. The highest BCUT2D eigenvalue weighted by Crippen LogP contribution is 2.26. The number of aryl methyl sites for hydroxylation is 1. The van der Waals surface area contributed by atoms with E-state index in [1.165, 1.54) is 0 Å². The number of nitrogens with one attached hydrogen (secondary N) is 1. The van der Waals surface area contributed by atoms with Crippen LogP contribution in [0.5, 0.6) is 11.5 Å². The maximum absolute atomic E-state index is 12.6. The molecule has 2 amide bonds. The molecule has 2 heterocycles. The number of carbonyl (C=O) groups is 2. The van der Waals surface area contributed by atoms with Gasteiger partial charge in [-0.05, 0) is 43.2 Å². The summed E-state index contributed by atoms with van der Waals surface area (Å²) >= 11 is 0. The van der Waals surface area contributed by atoms with Crippen LogP contribution >= 0.6 is 0 Å². The van der Waals surface area contributed by atoms with Gasteiger partial charge in [-0.3, -0.25) is 14.6 Å². The number of aromatic nitrogens is 1. The number of carbonyl (C=O) groups excluding carboxylic acids is 2. The lowest BCUT2D eigenvalue weighted by atomic mass is 9.93. The molecular weight excluding hydrogens is 394 g/mol. The van der Waals surface area contributed by atoms with E-state index in [0.29, 0.717) is 42.4 Å². The highest BCUT2D eigenvalue weighted by atomic mass is 16.5. The van der Waals surface area contributed by atoms with Crippen LogP contribution in [-0.4, -0.2) is 49.0 Å². The highest BCUT2D eigenvalue weighted by Gasteiger charge is 2.24. The van der Waals surface area contributed by atoms with Gasteiger partial charge in [0.05, 0.1) is 14.2 Å². The Bertz CT molecular complexity index is 850. The third kappa shape index (κ3) is 6.98. The Morgan fingerprint density at radius 3 is 2.61 bits per heavy atom. The van der Waals surface area contributed by atoms with E-state index < -0.39 is 0 Å². The molecule has 166 valence electrons. The van der Waals surface area contributed by atoms with E-state index in [0.717, 1.165) is 37.9 Å². The zero-order valence-electron chi connectivity index (χ0n) is 18.3. The van der Waals surface area contributed by atoms with Gasteiger partial charge in [0.2, 0.25) is 11.8 Å². The van der Waals surface area contributed by atoms with Gasteiger partial charge in [-0.25, -0.2) is 0 Å². The van der Waals surface area contributed by atoms with Crippen LogP contribution in [-0.2, 0) is 16.0 Å². The Morgan fingerprint density at radius 2 is 1.94 bits per heavy atom. The largest absolute Gasteiger partial charge is 0.497 e. The number of ether oxygens (including phenoxy) is 2. The first kappa shape index (κ1) is 22.6. The Hall–Kier alpha value is -3.09. The summed E-state index contributed by atoms with van der Waals surface area (Å²) in [6.45, 7) is 1.53. The molecule has 1 saturated heterocycles. The third-order valence-corrected chi connectivity index (χ3v) is 5.64. The fraction of sp³-hybridized carbons (Fsp3) is 0.458. The molecule has 2 aromatic rings. The van der Waals surface area contributed by atoms with Gasteiger partial charge >= 0.3 is 0 Å². The topological polar surface area (TPSA) is 80.8 Å². The zero-order chi connectivity index (χ0) is 22.1. The molecule has 0 bridgehead atoms. The number of hydrogen-bond acceptors (Lipinski definition) is 5. The molecular formula is C24H31N3O4. The molecule has 7 nitrogen and oxygen atoms in total. The summed E-state index contributed by atoms with van der Waals surface area (Å²) < 4.78 is 10.5. The summed E-state index contributed by atoms with van der Waals surface area (Å²) in [5.41, 5.74) is 1.73. The molecule has 1 unspecified atom stereocenters. The van der Waals surface area contributed by atoms with Crippen LogP contribution in [0.15, 0.2) is 42.7 Å². The third-order valence-electron chi connectivity index (χ3n) is 5.64. The van der Waals surface area contributed by atoms with E-state index in [1.54, 1.807) is 38.6 Å². The van der Waals surface area contributed by atoms with Crippen molar-refractivity contribution in [3.8, 4) is 11.5 Å². The summed E-state index contributed by atoms with van der Waals surface area (Å²) in [5, 5.41) is 2.92. The van der Waals surface area contributed by atoms with Gasteiger partial charge in [0.1, 0.15) is 11.5 Å². The molecule has 1 aliphatic heterocycles. The van der Waals surface area contributed by atoms with E-state index in [-0.39, 0.29) is 11.8 Å². The molecule has 1 atom stereocenters. The predicted molar refractivity (Wildman–Crippen MR) is 119 cm³/mol. The molecule has 1 fully saturated rings. The standard InChI is InChI=1S/C24H31N3O4/c1-30-21-13-20(14-22(15-21)31-2)26-23(28)9-7-19-6-4-12-27(17-19)24(29)10-8-18-5-3-11-25-16-18/h3,5,11,13-16,19H,4,6-10,12,17H2,1-2H3,(H,26,28). The summed E-state index contributed by atoms with van der Waals surface area (Å²) in [6, 6.07) is 9.18. The van der Waals surface area contributed by atoms with E-state index in [1.807, 2.05) is 23.2 Å². The van der Waals surface area contributed by atoms with Crippen LogP contribution in [0.25, 0.3) is 0 Å². The fourth-order valence-corrected chi connectivity index (χ4v) is 3.92. The lowest BCUT2D eigenvalue weighted by Gasteiger charge is -2.33. The second-order valence-corrected chi connectivity index (χ2v) is 7.90. The van der Waals surface area contributed by atoms with E-state index in [9.17, 15) is 9.59 Å². The molecule has 1 N–H and O–H groups in total. The Morgan fingerprint density at radius 1 is 1.16 bits per heavy atom. The molecule has 31 heavy (non-hydrogen) atoms. The number of likely N-dealkylation sites (tertiary alicyclic amines) is 1. The summed E-state index contributed by atoms with van der Waals surface area (Å²) in [6.07, 6.45) is 7.97. The van der Waals surface area contributed by atoms with Crippen LogP contribution < -0.4 is 14.8 Å². The second-order valence-electron chi connectivity index (χ2n) is 7.90. The smallest absolute Gasteiger partial charge is 0.224 e. The lowest BCUT2D eigenvalue weighted by Crippen LogP contribution is -2.40. The van der Waals surface area contributed by atoms with Gasteiger partial charge < -0.3 is 19.7 Å². The minimum absolute atomic E-state index is 0.0460. The SMILES string of the molecule is COc1cc(NC(=O)CCC2CCCN(C(=O)CCc3cccnc3)C2)cc(OC)c1. The summed E-state index contributed by atoms with van der Waals surface area (Å²) in [7, 11) is 3.15. The molecule has 0 radical (unpaired) electrons. The quantitative estimate of drug-likeness (QED) is 0.663. The number of piperidine rings is 1. The van der Waals surface area contributed by atoms with E-state index in [4.69, 9.17) is 9.47 Å². The number of nitrogens with zero attached hydrogens (tertiary/aromatic N) is 2. The number of hydrogen-bond donors (Lipinski definition) is 1. The Balaban J connectivity index is 1.45. The van der Waals surface area contributed by atoms with Crippen molar-refractivity contribution in [3.63, 3.8) is 0 Å². The van der Waals surface area contributed by atoms with Gasteiger partial charge in [-0.1, -0.05) is 6.07 Å². The monoisotopic (exact) mass is 425 g/mol. The molecule has 0 saturated carbocycles. The van der Waals surface area contributed by atoms with Crippen LogP contribution in [0, 0.1) is 5.92 Å². The number of amides is 2. The van der Waals surface area contributed by atoms with Crippen molar-refractivity contribution in [2.75, 3.05) is 32.6 Å². The summed E-state index contributed by atoms with van der Waals surface area (Å²) in [4.78, 5) is 31.1. The number of anilines is 1. The van der Waals surface area contributed by atoms with Crippen LogP contribution in [0.4, 0.5) is 5.69 Å². The minimum atomic E-state index is -0.0460. The number of methoxy groups -OCH3 is 2. The second kappa shape index (κ2) is 11.3. The van der Waals surface area contributed by atoms with Gasteiger partial charge in [0.25, 0.3) is 0 Å². The molecule has 3 rings (SSSR count). The molecule has 1 aromatic heterocycles. The van der Waals surface area contributed by atoms with Gasteiger partial charge in [-0.15, -0.1) is 0 Å². The average molecular weight is 426 g/mol. The van der Waals surface area contributed by atoms with Crippen LogP contribution in [0.1, 0.15) is 37.7 Å². The predicted octanol–water partition coefficient (Wildman–Crippen LogP) is 3.69. The molecule has 1 aromatic carbocycles. The van der Waals surface area contributed by atoms with Crippen molar-refractivity contribution in [3.05, 3.63) is 48.3 Å². The van der Waals surface area contributed by atoms with Gasteiger partial charge in [-0.2, -0.15) is 0 Å². The van der Waals surface area contributed by atoms with Gasteiger partial charge in [0.15, 0.2) is 0 Å². The van der Waals surface area contributed by atoms with Crippen molar-refractivity contribution in [1.29, 1.82) is 0 Å². The normalized spacial score (nSPS) is 15.9. The molecule has 0 spiro atoms. The first-order valence-corrected chi connectivity index (χ1v) is 10.8. The van der Waals surface area contributed by atoms with Crippen LogP contribution in [0.3, 0.4) is 0 Å². The Kier molecular flexibility index (Phi) is 8.27. The highest BCUT2D eigenvalue weighted by molar-refractivity contribution is 5.91. The lowest BCUT2D eigenvalue weighted by molar-refractivity contribution is -0.133. The van der Waals surface area contributed by atoms with Gasteiger partial charge in [0, 0.05) is 62.2 Å². The Labute approximate surface area is 183 Å². The van der Waals surface area contributed by atoms with Crippen molar-refractivity contribution in [2.45, 2.75) is 38.5 Å². The first-order valence-electron chi connectivity index (χ1n) is 10.8. The number of pyridine rings is 1. The minimum Gasteiger partial charge on any atom is -0.497 e. The first-order chi connectivity index (χ1) is 15.1. The summed E-state index contributed by atoms with van der Waals surface area (Å²) in [5.74, 6) is 1.74. The molecule has 0 aliphatic carbocycles.